The van der Waals surface area contributed by atoms with Gasteiger partial charge in [-0.1, -0.05) is 23.7 Å². The van der Waals surface area contributed by atoms with Gasteiger partial charge in [-0.05, 0) is 42.8 Å². The van der Waals surface area contributed by atoms with E-state index >= 15 is 0 Å². The predicted octanol–water partition coefficient (Wildman–Crippen LogP) is 3.52. The number of nitrogens with one attached hydrogen (secondary N) is 1. The monoisotopic (exact) mass is 365 g/mol. The largest absolute Gasteiger partial charge is 0.497 e. The number of esters is 1. The topological polar surface area (TPSA) is 64.6 Å². The van der Waals surface area contributed by atoms with Crippen molar-refractivity contribution in [1.82, 2.24) is 5.32 Å². The van der Waals surface area contributed by atoms with Gasteiger partial charge >= 0.3 is 5.97 Å². The second-order valence-corrected chi connectivity index (χ2v) is 5.67. The second kappa shape index (κ2) is 8.48. The van der Waals surface area contributed by atoms with Crippen molar-refractivity contribution in [1.29, 1.82) is 0 Å². The molecule has 0 aromatic heterocycles. The number of amides is 1. The minimum atomic E-state index is -0.797. The first-order valence-electron chi connectivity index (χ1n) is 7.46. The summed E-state index contributed by atoms with van der Waals surface area (Å²) in [5.74, 6) is -1.15. The molecule has 0 unspecified atom stereocenters. The van der Waals surface area contributed by atoms with Crippen molar-refractivity contribution in [3.05, 3.63) is 64.4 Å². The smallest absolute Gasteiger partial charge is 0.340 e. The Balaban J connectivity index is 1.90. The summed E-state index contributed by atoms with van der Waals surface area (Å²) in [7, 11) is 1.56. The highest BCUT2D eigenvalue weighted by Gasteiger charge is 2.16. The molecule has 0 saturated carbocycles. The molecule has 0 aliphatic rings. The van der Waals surface area contributed by atoms with E-state index in [9.17, 15) is 14.0 Å². The Labute approximate surface area is 149 Å². The molecule has 1 amide bonds. The van der Waals surface area contributed by atoms with Crippen molar-refractivity contribution in [3.63, 3.8) is 0 Å². The Morgan fingerprint density at radius 3 is 2.68 bits per heavy atom. The van der Waals surface area contributed by atoms with Gasteiger partial charge in [0.05, 0.1) is 23.7 Å². The normalized spacial score (nSPS) is 11.5. The summed E-state index contributed by atoms with van der Waals surface area (Å²) < 4.78 is 23.0. The number of benzene rings is 2. The molecule has 0 spiro atoms. The molecule has 0 fully saturated rings. The molecule has 2 rings (SSSR count). The molecule has 0 radical (unpaired) electrons. The second-order valence-electron chi connectivity index (χ2n) is 5.27. The van der Waals surface area contributed by atoms with Crippen molar-refractivity contribution in [2.24, 2.45) is 0 Å². The van der Waals surface area contributed by atoms with Crippen LogP contribution in [0, 0.1) is 5.82 Å². The molecule has 0 aliphatic carbocycles. The first-order chi connectivity index (χ1) is 11.9. The van der Waals surface area contributed by atoms with Crippen molar-refractivity contribution < 1.29 is 23.5 Å². The van der Waals surface area contributed by atoms with Crippen LogP contribution >= 0.6 is 11.6 Å². The van der Waals surface area contributed by atoms with Crippen LogP contribution in [0.5, 0.6) is 5.75 Å². The van der Waals surface area contributed by atoms with Gasteiger partial charge in [0.25, 0.3) is 5.91 Å². The van der Waals surface area contributed by atoms with Gasteiger partial charge in [0.15, 0.2) is 6.61 Å². The molecule has 0 heterocycles. The maximum absolute atomic E-state index is 13.0. The van der Waals surface area contributed by atoms with Gasteiger partial charge in [-0.25, -0.2) is 9.18 Å². The predicted molar refractivity (Wildman–Crippen MR) is 91.2 cm³/mol. The third-order valence-corrected chi connectivity index (χ3v) is 3.77. The summed E-state index contributed by atoms with van der Waals surface area (Å²) in [5.41, 5.74) is 0.845. The van der Waals surface area contributed by atoms with Crippen molar-refractivity contribution in [2.75, 3.05) is 13.7 Å². The van der Waals surface area contributed by atoms with E-state index in [4.69, 9.17) is 21.1 Å². The summed E-state index contributed by atoms with van der Waals surface area (Å²) >= 11 is 5.78. The van der Waals surface area contributed by atoms with E-state index in [0.29, 0.717) is 5.75 Å². The van der Waals surface area contributed by atoms with Crippen LogP contribution in [-0.2, 0) is 9.53 Å². The lowest BCUT2D eigenvalue weighted by atomic mass is 10.1. The molecule has 0 bridgehead atoms. The molecule has 1 atom stereocenters. The number of methoxy groups -OCH3 is 1. The fraction of sp³-hybridized carbons (Fsp3) is 0.222. The lowest BCUT2D eigenvalue weighted by molar-refractivity contribution is -0.124. The lowest BCUT2D eigenvalue weighted by Crippen LogP contribution is -2.31. The molecule has 0 saturated heterocycles. The lowest BCUT2D eigenvalue weighted by Gasteiger charge is -2.15. The van der Waals surface area contributed by atoms with E-state index in [-0.39, 0.29) is 16.6 Å². The van der Waals surface area contributed by atoms with Crippen LogP contribution in [0.4, 0.5) is 4.39 Å². The Morgan fingerprint density at radius 1 is 1.24 bits per heavy atom. The molecular formula is C18H17ClFNO4. The summed E-state index contributed by atoms with van der Waals surface area (Å²) in [6.07, 6.45) is 0. The van der Waals surface area contributed by atoms with Crippen LogP contribution in [0.1, 0.15) is 28.9 Å². The van der Waals surface area contributed by atoms with E-state index in [1.54, 1.807) is 26.2 Å². The summed E-state index contributed by atoms with van der Waals surface area (Å²) in [6.45, 7) is 1.33. The highest BCUT2D eigenvalue weighted by Crippen LogP contribution is 2.19. The maximum atomic E-state index is 13.0. The molecular weight excluding hydrogens is 349 g/mol. The van der Waals surface area contributed by atoms with E-state index in [0.717, 1.165) is 17.7 Å². The van der Waals surface area contributed by atoms with Gasteiger partial charge < -0.3 is 14.8 Å². The number of carbonyl (C=O) groups excluding carboxylic acids is 2. The Bertz CT molecular complexity index is 781. The van der Waals surface area contributed by atoms with Crippen LogP contribution < -0.4 is 10.1 Å². The van der Waals surface area contributed by atoms with Crippen LogP contribution in [-0.4, -0.2) is 25.6 Å². The molecule has 2 aromatic rings. The van der Waals surface area contributed by atoms with Crippen molar-refractivity contribution >= 4 is 23.5 Å². The summed E-state index contributed by atoms with van der Waals surface area (Å²) in [5, 5.41) is 2.64. The first-order valence-corrected chi connectivity index (χ1v) is 7.84. The zero-order valence-electron chi connectivity index (χ0n) is 13.7. The highest BCUT2D eigenvalue weighted by atomic mass is 35.5. The number of ether oxygens (including phenoxy) is 2. The molecule has 25 heavy (non-hydrogen) atoms. The molecule has 132 valence electrons. The van der Waals surface area contributed by atoms with Gasteiger partial charge in [-0.3, -0.25) is 4.79 Å². The minimum absolute atomic E-state index is 0.00305. The molecule has 0 aliphatic heterocycles. The van der Waals surface area contributed by atoms with E-state index in [1.165, 1.54) is 6.07 Å². The zero-order valence-corrected chi connectivity index (χ0v) is 14.5. The zero-order chi connectivity index (χ0) is 18.4. The fourth-order valence-corrected chi connectivity index (χ4v) is 2.39. The molecule has 2 aromatic carbocycles. The quantitative estimate of drug-likeness (QED) is 0.795. The van der Waals surface area contributed by atoms with Crippen LogP contribution in [0.3, 0.4) is 0 Å². The third kappa shape index (κ3) is 5.19. The fourth-order valence-electron chi connectivity index (χ4n) is 2.14. The van der Waals surface area contributed by atoms with Gasteiger partial charge in [-0.15, -0.1) is 0 Å². The SMILES string of the molecule is COc1cccc([C@@H](C)NC(=O)COC(=O)c2ccc(F)cc2Cl)c1. The Hall–Kier alpha value is -2.60. The van der Waals surface area contributed by atoms with Crippen LogP contribution in [0.15, 0.2) is 42.5 Å². The molecule has 1 N–H and O–H groups in total. The standard InChI is InChI=1S/C18H17ClFNO4/c1-11(12-4-3-5-14(8-12)24-2)21-17(22)10-25-18(23)15-7-6-13(20)9-16(15)19/h3-9,11H,10H2,1-2H3,(H,21,22)/t11-/m1/s1. The van der Waals surface area contributed by atoms with Crippen molar-refractivity contribution in [2.45, 2.75) is 13.0 Å². The number of hydrogen-bond donors (Lipinski definition) is 1. The van der Waals surface area contributed by atoms with E-state index < -0.39 is 24.3 Å². The van der Waals surface area contributed by atoms with Crippen LogP contribution in [0.2, 0.25) is 5.02 Å². The van der Waals surface area contributed by atoms with Gasteiger partial charge in [0.2, 0.25) is 0 Å². The van der Waals surface area contributed by atoms with Gasteiger partial charge in [-0.2, -0.15) is 0 Å². The van der Waals surface area contributed by atoms with Crippen LogP contribution in [0.25, 0.3) is 0 Å². The van der Waals surface area contributed by atoms with Gasteiger partial charge in [0, 0.05) is 0 Å². The first kappa shape index (κ1) is 18.7. The maximum Gasteiger partial charge on any atom is 0.340 e. The summed E-state index contributed by atoms with van der Waals surface area (Å²) in [4.78, 5) is 23.8. The Morgan fingerprint density at radius 2 is 2.00 bits per heavy atom. The molecule has 5 nitrogen and oxygen atoms in total. The average Bonchev–Trinajstić information content (AvgIpc) is 2.59. The number of hydrogen-bond acceptors (Lipinski definition) is 4. The van der Waals surface area contributed by atoms with E-state index in [1.807, 2.05) is 12.1 Å². The Kier molecular flexibility index (Phi) is 6.36. The minimum Gasteiger partial charge on any atom is -0.497 e. The van der Waals surface area contributed by atoms with Gasteiger partial charge in [0.1, 0.15) is 11.6 Å². The molecule has 7 heteroatoms. The third-order valence-electron chi connectivity index (χ3n) is 3.46. The highest BCUT2D eigenvalue weighted by molar-refractivity contribution is 6.33. The number of carbonyl (C=O) groups is 2. The number of rotatable bonds is 6. The van der Waals surface area contributed by atoms with Crippen molar-refractivity contribution in [3.8, 4) is 5.75 Å². The van der Waals surface area contributed by atoms with E-state index in [2.05, 4.69) is 5.32 Å². The summed E-state index contributed by atoms with van der Waals surface area (Å²) in [6, 6.07) is 10.3. The number of halogens is 2. The average molecular weight is 366 g/mol.